The van der Waals surface area contributed by atoms with Crippen LogP contribution in [0, 0.1) is 23.2 Å². The molecule has 5 aliphatic carbocycles. The van der Waals surface area contributed by atoms with Gasteiger partial charge in [-0.25, -0.2) is 0 Å². The second kappa shape index (κ2) is 5.24. The Morgan fingerprint density at radius 2 is 2.08 bits per heavy atom. The summed E-state index contributed by atoms with van der Waals surface area (Å²) in [6.45, 7) is 7.14. The summed E-state index contributed by atoms with van der Waals surface area (Å²) in [6, 6.07) is 0. The molecule has 142 valence electrons. The quantitative estimate of drug-likeness (QED) is 0.713. The summed E-state index contributed by atoms with van der Waals surface area (Å²) in [7, 11) is 0. The normalized spacial score (nSPS) is 47.9. The minimum absolute atomic E-state index is 0.214. The van der Waals surface area contributed by atoms with Crippen LogP contribution in [0.15, 0.2) is 22.8 Å². The summed E-state index contributed by atoms with van der Waals surface area (Å²) < 4.78 is 18.5. The van der Waals surface area contributed by atoms with Crippen molar-refractivity contribution in [2.45, 2.75) is 76.6 Å². The molecular weight excluding hydrogens is 324 g/mol. The number of allylic oxidation sites excluding steroid dienone is 3. The van der Waals surface area contributed by atoms with Crippen molar-refractivity contribution in [1.29, 1.82) is 0 Å². The maximum absolute atomic E-state index is 6.41. The lowest BCUT2D eigenvalue weighted by Gasteiger charge is -2.50. The maximum Gasteiger partial charge on any atom is 0.172 e. The third-order valence-corrected chi connectivity index (χ3v) is 8.99. The Kier molecular flexibility index (Phi) is 3.29. The highest BCUT2D eigenvalue weighted by molar-refractivity contribution is 5.46. The first-order valence-electron chi connectivity index (χ1n) is 10.9. The van der Waals surface area contributed by atoms with Crippen LogP contribution >= 0.6 is 0 Å². The van der Waals surface area contributed by atoms with Crippen molar-refractivity contribution in [2.24, 2.45) is 23.2 Å². The first-order chi connectivity index (χ1) is 12.6. The minimum atomic E-state index is -0.274. The van der Waals surface area contributed by atoms with Crippen molar-refractivity contribution < 1.29 is 14.2 Å². The molecule has 0 radical (unpaired) electrons. The Labute approximate surface area is 157 Å². The smallest absolute Gasteiger partial charge is 0.172 e. The zero-order chi connectivity index (χ0) is 17.6. The Bertz CT molecular complexity index is 700. The van der Waals surface area contributed by atoms with E-state index in [9.17, 15) is 0 Å². The highest BCUT2D eigenvalue weighted by Crippen LogP contribution is 2.75. The van der Waals surface area contributed by atoms with Crippen LogP contribution in [0.5, 0.6) is 0 Å². The maximum atomic E-state index is 6.41. The van der Waals surface area contributed by atoms with Crippen LogP contribution in [0.1, 0.15) is 65.2 Å². The van der Waals surface area contributed by atoms with E-state index >= 15 is 0 Å². The molecule has 0 aromatic heterocycles. The van der Waals surface area contributed by atoms with E-state index in [2.05, 4.69) is 19.9 Å². The molecular formula is C23H32O3. The third kappa shape index (κ3) is 1.90. The molecule has 0 aromatic carbocycles. The van der Waals surface area contributed by atoms with E-state index in [0.29, 0.717) is 5.41 Å². The molecule has 3 heteroatoms. The molecule has 2 saturated carbocycles. The van der Waals surface area contributed by atoms with E-state index in [4.69, 9.17) is 14.2 Å². The van der Waals surface area contributed by atoms with Crippen LogP contribution in [0.2, 0.25) is 0 Å². The summed E-state index contributed by atoms with van der Waals surface area (Å²) in [4.78, 5) is 0. The van der Waals surface area contributed by atoms with E-state index in [1.54, 1.807) is 16.7 Å². The molecule has 1 unspecified atom stereocenters. The number of hydrogen-bond donors (Lipinski definition) is 0. The van der Waals surface area contributed by atoms with Crippen LogP contribution < -0.4 is 0 Å². The van der Waals surface area contributed by atoms with Gasteiger partial charge in [0, 0.05) is 24.9 Å². The molecule has 3 nitrogen and oxygen atoms in total. The summed E-state index contributed by atoms with van der Waals surface area (Å²) >= 11 is 0. The van der Waals surface area contributed by atoms with Gasteiger partial charge in [-0.2, -0.15) is 0 Å². The number of hydrogen-bond acceptors (Lipinski definition) is 3. The topological polar surface area (TPSA) is 27.7 Å². The van der Waals surface area contributed by atoms with Gasteiger partial charge in [0.2, 0.25) is 0 Å². The summed E-state index contributed by atoms with van der Waals surface area (Å²) in [6.07, 6.45) is 12.4. The Balaban J connectivity index is 1.33. The van der Waals surface area contributed by atoms with Gasteiger partial charge in [0.15, 0.2) is 5.79 Å². The van der Waals surface area contributed by atoms with Gasteiger partial charge in [0.05, 0.1) is 18.8 Å². The lowest BCUT2D eigenvalue weighted by atomic mass is 9.56. The Morgan fingerprint density at radius 3 is 2.88 bits per heavy atom. The minimum Gasteiger partial charge on any atom is -0.374 e. The van der Waals surface area contributed by atoms with E-state index < -0.39 is 0 Å². The predicted molar refractivity (Wildman–Crippen MR) is 99.6 cm³/mol. The van der Waals surface area contributed by atoms with Gasteiger partial charge >= 0.3 is 0 Å². The molecule has 1 spiro atoms. The SMILES string of the molecule is CCOC12C[C@@H]1C[C@H]1[C@@H]3CCC4=C(CCC5(C4)OCCO5)C3=CC[C@@]12C. The lowest BCUT2D eigenvalue weighted by molar-refractivity contribution is -0.164. The van der Waals surface area contributed by atoms with Crippen molar-refractivity contribution in [3.8, 4) is 0 Å². The Morgan fingerprint density at radius 1 is 1.23 bits per heavy atom. The van der Waals surface area contributed by atoms with Crippen molar-refractivity contribution in [1.82, 2.24) is 0 Å². The van der Waals surface area contributed by atoms with Crippen LogP contribution in [-0.4, -0.2) is 31.2 Å². The van der Waals surface area contributed by atoms with Gasteiger partial charge in [0.1, 0.15) is 0 Å². The van der Waals surface area contributed by atoms with Gasteiger partial charge in [-0.3, -0.25) is 0 Å². The number of fused-ring (bicyclic) bond motifs is 6. The summed E-state index contributed by atoms with van der Waals surface area (Å²) in [5.41, 5.74) is 5.64. The molecule has 3 fully saturated rings. The fraction of sp³-hybridized carbons (Fsp3) is 0.826. The standard InChI is InChI=1S/C23H32O3/c1-3-24-23-14-16(23)12-20-19-5-4-15-13-22(25-10-11-26-22)9-7-17(15)18(19)6-8-21(20,23)2/h6,16,19-20H,3-5,7-14H2,1-2H3/t16-,19+,20-,21-,23?/m0/s1. The van der Waals surface area contributed by atoms with Crippen molar-refractivity contribution in [3.63, 3.8) is 0 Å². The van der Waals surface area contributed by atoms with Crippen LogP contribution in [-0.2, 0) is 14.2 Å². The largest absolute Gasteiger partial charge is 0.374 e. The first kappa shape index (κ1) is 16.3. The van der Waals surface area contributed by atoms with Crippen molar-refractivity contribution in [2.75, 3.05) is 19.8 Å². The molecule has 1 saturated heterocycles. The molecule has 0 aromatic rings. The molecule has 6 rings (SSSR count). The number of rotatable bonds is 2. The summed E-state index contributed by atoms with van der Waals surface area (Å²) in [5.74, 6) is 2.16. The van der Waals surface area contributed by atoms with Gasteiger partial charge in [-0.15, -0.1) is 0 Å². The fourth-order valence-corrected chi connectivity index (χ4v) is 7.76. The van der Waals surface area contributed by atoms with E-state index in [0.717, 1.165) is 56.8 Å². The molecule has 1 aliphatic heterocycles. The number of ether oxygens (including phenoxy) is 3. The molecule has 0 amide bonds. The molecule has 6 aliphatic rings. The monoisotopic (exact) mass is 356 g/mol. The summed E-state index contributed by atoms with van der Waals surface area (Å²) in [5, 5.41) is 0. The molecule has 0 N–H and O–H groups in total. The van der Waals surface area contributed by atoms with Crippen LogP contribution in [0.4, 0.5) is 0 Å². The van der Waals surface area contributed by atoms with E-state index in [1.807, 2.05) is 0 Å². The zero-order valence-corrected chi connectivity index (χ0v) is 16.3. The van der Waals surface area contributed by atoms with Gasteiger partial charge in [0.25, 0.3) is 0 Å². The third-order valence-electron chi connectivity index (χ3n) is 8.99. The average Bonchev–Trinajstić information content (AvgIpc) is 3.06. The molecule has 0 bridgehead atoms. The zero-order valence-electron chi connectivity index (χ0n) is 16.3. The Hall–Kier alpha value is -0.640. The molecule has 1 heterocycles. The predicted octanol–water partition coefficient (Wildman–Crippen LogP) is 4.77. The highest BCUT2D eigenvalue weighted by Gasteiger charge is 2.74. The lowest BCUT2D eigenvalue weighted by Crippen LogP contribution is -2.46. The molecule has 5 atom stereocenters. The fourth-order valence-electron chi connectivity index (χ4n) is 7.76. The molecule has 26 heavy (non-hydrogen) atoms. The van der Waals surface area contributed by atoms with Crippen molar-refractivity contribution >= 4 is 0 Å². The van der Waals surface area contributed by atoms with Crippen LogP contribution in [0.3, 0.4) is 0 Å². The van der Waals surface area contributed by atoms with Crippen LogP contribution in [0.25, 0.3) is 0 Å². The highest BCUT2D eigenvalue weighted by atomic mass is 16.7. The second-order valence-corrected chi connectivity index (χ2v) is 9.86. The van der Waals surface area contributed by atoms with E-state index in [1.165, 1.54) is 32.1 Å². The first-order valence-corrected chi connectivity index (χ1v) is 10.9. The van der Waals surface area contributed by atoms with Gasteiger partial charge in [-0.05, 0) is 74.3 Å². The van der Waals surface area contributed by atoms with Gasteiger partial charge < -0.3 is 14.2 Å². The average molecular weight is 357 g/mol. The van der Waals surface area contributed by atoms with Gasteiger partial charge in [-0.1, -0.05) is 18.6 Å². The van der Waals surface area contributed by atoms with Crippen molar-refractivity contribution in [3.05, 3.63) is 22.8 Å². The van der Waals surface area contributed by atoms with E-state index in [-0.39, 0.29) is 11.4 Å². The second-order valence-electron chi connectivity index (χ2n) is 9.86.